The molecule has 0 atom stereocenters. The van der Waals surface area contributed by atoms with Gasteiger partial charge >= 0.3 is 0 Å². The Kier molecular flexibility index (Phi) is 6.41. The van der Waals surface area contributed by atoms with Gasteiger partial charge in [-0.05, 0) is 35.2 Å². The molecular formula is C26H25FN2O2. The standard InChI is InChI=1S/C26H25FN2O2/c27-24-10-5-4-9-23(24)26(31)29-16-6-15-28(17-18-29)25(30)19-20-11-13-22(14-12-20)21-7-2-1-3-8-21/h1-5,7-14H,6,15-19H2. The van der Waals surface area contributed by atoms with E-state index in [4.69, 9.17) is 0 Å². The minimum absolute atomic E-state index is 0.0488. The van der Waals surface area contributed by atoms with Crippen molar-refractivity contribution in [2.75, 3.05) is 26.2 Å². The number of hydrogen-bond donors (Lipinski definition) is 0. The topological polar surface area (TPSA) is 40.6 Å². The fraction of sp³-hybridized carbons (Fsp3) is 0.231. The molecule has 4 nitrogen and oxygen atoms in total. The van der Waals surface area contributed by atoms with Crippen LogP contribution in [0.1, 0.15) is 22.3 Å². The molecule has 158 valence electrons. The lowest BCUT2D eigenvalue weighted by Gasteiger charge is -2.22. The molecule has 3 aromatic carbocycles. The lowest BCUT2D eigenvalue weighted by molar-refractivity contribution is -0.130. The summed E-state index contributed by atoms with van der Waals surface area (Å²) in [5.41, 5.74) is 3.32. The molecule has 2 amide bonds. The lowest BCUT2D eigenvalue weighted by Crippen LogP contribution is -2.38. The quantitative estimate of drug-likeness (QED) is 0.632. The highest BCUT2D eigenvalue weighted by Gasteiger charge is 2.24. The van der Waals surface area contributed by atoms with Crippen molar-refractivity contribution in [3.8, 4) is 11.1 Å². The number of carbonyl (C=O) groups is 2. The maximum Gasteiger partial charge on any atom is 0.256 e. The van der Waals surface area contributed by atoms with E-state index in [-0.39, 0.29) is 17.4 Å². The van der Waals surface area contributed by atoms with Crippen molar-refractivity contribution in [1.82, 2.24) is 9.80 Å². The van der Waals surface area contributed by atoms with Gasteiger partial charge in [0.25, 0.3) is 5.91 Å². The summed E-state index contributed by atoms with van der Waals surface area (Å²) >= 11 is 0. The van der Waals surface area contributed by atoms with Gasteiger partial charge in [-0.2, -0.15) is 0 Å². The molecule has 5 heteroatoms. The highest BCUT2D eigenvalue weighted by Crippen LogP contribution is 2.20. The predicted molar refractivity (Wildman–Crippen MR) is 119 cm³/mol. The molecule has 31 heavy (non-hydrogen) atoms. The molecule has 1 aliphatic heterocycles. The van der Waals surface area contributed by atoms with Gasteiger partial charge in [-0.15, -0.1) is 0 Å². The van der Waals surface area contributed by atoms with Crippen LogP contribution in [0.3, 0.4) is 0 Å². The van der Waals surface area contributed by atoms with E-state index in [1.165, 1.54) is 12.1 Å². The largest absolute Gasteiger partial charge is 0.341 e. The van der Waals surface area contributed by atoms with Crippen molar-refractivity contribution in [3.63, 3.8) is 0 Å². The predicted octanol–water partition coefficient (Wildman–Crippen LogP) is 4.41. The van der Waals surface area contributed by atoms with Gasteiger partial charge in [-0.1, -0.05) is 66.7 Å². The zero-order valence-corrected chi connectivity index (χ0v) is 17.3. The van der Waals surface area contributed by atoms with Crippen molar-refractivity contribution < 1.29 is 14.0 Å². The van der Waals surface area contributed by atoms with Crippen LogP contribution in [0.5, 0.6) is 0 Å². The SMILES string of the molecule is O=C(Cc1ccc(-c2ccccc2)cc1)N1CCCN(C(=O)c2ccccc2F)CC1. The van der Waals surface area contributed by atoms with E-state index in [1.54, 1.807) is 21.9 Å². The van der Waals surface area contributed by atoms with Crippen molar-refractivity contribution in [1.29, 1.82) is 0 Å². The van der Waals surface area contributed by atoms with Crippen LogP contribution in [0.25, 0.3) is 11.1 Å². The van der Waals surface area contributed by atoms with Gasteiger partial charge in [0.1, 0.15) is 5.82 Å². The van der Waals surface area contributed by atoms with Crippen LogP contribution in [-0.4, -0.2) is 47.8 Å². The molecule has 1 aliphatic rings. The van der Waals surface area contributed by atoms with Crippen molar-refractivity contribution in [3.05, 3.63) is 95.8 Å². The minimum Gasteiger partial charge on any atom is -0.341 e. The number of benzene rings is 3. The number of rotatable bonds is 4. The second kappa shape index (κ2) is 9.56. The van der Waals surface area contributed by atoms with E-state index in [0.29, 0.717) is 39.0 Å². The maximum atomic E-state index is 14.0. The van der Waals surface area contributed by atoms with Gasteiger partial charge in [0.15, 0.2) is 0 Å². The summed E-state index contributed by atoms with van der Waals surface area (Å²) in [5, 5.41) is 0. The van der Waals surface area contributed by atoms with E-state index >= 15 is 0 Å². The summed E-state index contributed by atoms with van der Waals surface area (Å²) in [6.07, 6.45) is 1.01. The fourth-order valence-electron chi connectivity index (χ4n) is 3.91. The number of nitrogens with zero attached hydrogens (tertiary/aromatic N) is 2. The molecule has 1 fully saturated rings. The molecule has 1 saturated heterocycles. The first-order valence-electron chi connectivity index (χ1n) is 10.6. The molecule has 1 heterocycles. The summed E-state index contributed by atoms with van der Waals surface area (Å²) in [6, 6.07) is 24.2. The Morgan fingerprint density at radius 3 is 2.06 bits per heavy atom. The Morgan fingerprint density at radius 2 is 1.32 bits per heavy atom. The van der Waals surface area contributed by atoms with Gasteiger partial charge in [-0.25, -0.2) is 4.39 Å². The average molecular weight is 416 g/mol. The van der Waals surface area contributed by atoms with Crippen molar-refractivity contribution in [2.24, 2.45) is 0 Å². The van der Waals surface area contributed by atoms with E-state index < -0.39 is 5.82 Å². The molecule has 3 aromatic rings. The Labute approximate surface area is 181 Å². The summed E-state index contributed by atoms with van der Waals surface area (Å²) in [5.74, 6) is -0.778. The fourth-order valence-corrected chi connectivity index (χ4v) is 3.91. The molecule has 0 unspecified atom stereocenters. The lowest BCUT2D eigenvalue weighted by atomic mass is 10.0. The number of hydrogen-bond acceptors (Lipinski definition) is 2. The monoisotopic (exact) mass is 416 g/mol. The molecule has 0 spiro atoms. The summed E-state index contributed by atoms with van der Waals surface area (Å²) in [7, 11) is 0. The normalized spacial score (nSPS) is 14.2. The summed E-state index contributed by atoms with van der Waals surface area (Å²) in [4.78, 5) is 29.0. The Hall–Kier alpha value is -3.47. The van der Waals surface area contributed by atoms with E-state index in [1.807, 2.05) is 42.5 Å². The Bertz CT molecular complexity index is 1050. The van der Waals surface area contributed by atoms with Crippen LogP contribution in [0.2, 0.25) is 0 Å². The van der Waals surface area contributed by atoms with Gasteiger partial charge in [0.2, 0.25) is 5.91 Å². The first kappa shape index (κ1) is 20.8. The molecule has 0 aliphatic carbocycles. The zero-order chi connectivity index (χ0) is 21.6. The van der Waals surface area contributed by atoms with Crippen molar-refractivity contribution >= 4 is 11.8 Å². The van der Waals surface area contributed by atoms with Gasteiger partial charge in [0.05, 0.1) is 12.0 Å². The van der Waals surface area contributed by atoms with Gasteiger partial charge in [-0.3, -0.25) is 9.59 Å². The first-order chi connectivity index (χ1) is 15.1. The Balaban J connectivity index is 1.35. The molecule has 0 bridgehead atoms. The van der Waals surface area contributed by atoms with Gasteiger partial charge < -0.3 is 9.80 Å². The highest BCUT2D eigenvalue weighted by molar-refractivity contribution is 5.94. The van der Waals surface area contributed by atoms with Crippen LogP contribution in [0, 0.1) is 5.82 Å². The van der Waals surface area contributed by atoms with E-state index in [0.717, 1.165) is 16.7 Å². The third-order valence-corrected chi connectivity index (χ3v) is 5.66. The van der Waals surface area contributed by atoms with Crippen LogP contribution < -0.4 is 0 Å². The molecule has 0 N–H and O–H groups in total. The van der Waals surface area contributed by atoms with Gasteiger partial charge in [0, 0.05) is 26.2 Å². The van der Waals surface area contributed by atoms with Crippen molar-refractivity contribution in [2.45, 2.75) is 12.8 Å². The van der Waals surface area contributed by atoms with Crippen LogP contribution >= 0.6 is 0 Å². The third-order valence-electron chi connectivity index (χ3n) is 5.66. The molecular weight excluding hydrogens is 391 g/mol. The summed E-state index contributed by atoms with van der Waals surface area (Å²) < 4.78 is 14.0. The smallest absolute Gasteiger partial charge is 0.256 e. The molecule has 0 radical (unpaired) electrons. The van der Waals surface area contributed by atoms with E-state index in [9.17, 15) is 14.0 Å². The van der Waals surface area contributed by atoms with Crippen LogP contribution in [0.4, 0.5) is 4.39 Å². The average Bonchev–Trinajstić information content (AvgIpc) is 3.07. The van der Waals surface area contributed by atoms with Crippen LogP contribution in [0.15, 0.2) is 78.9 Å². The van der Waals surface area contributed by atoms with Crippen LogP contribution in [-0.2, 0) is 11.2 Å². The first-order valence-corrected chi connectivity index (χ1v) is 10.6. The second-order valence-electron chi connectivity index (χ2n) is 7.75. The molecule has 0 aromatic heterocycles. The number of amides is 2. The highest BCUT2D eigenvalue weighted by atomic mass is 19.1. The zero-order valence-electron chi connectivity index (χ0n) is 17.3. The Morgan fingerprint density at radius 1 is 0.710 bits per heavy atom. The van der Waals surface area contributed by atoms with E-state index in [2.05, 4.69) is 12.1 Å². The molecule has 4 rings (SSSR count). The second-order valence-corrected chi connectivity index (χ2v) is 7.75. The molecule has 0 saturated carbocycles. The maximum absolute atomic E-state index is 14.0. The summed E-state index contributed by atoms with van der Waals surface area (Å²) in [6.45, 7) is 1.98. The number of halogens is 1. The third kappa shape index (κ3) is 5.00. The number of carbonyl (C=O) groups excluding carboxylic acids is 2. The minimum atomic E-state index is -0.511.